The van der Waals surface area contributed by atoms with Gasteiger partial charge < -0.3 is 19.1 Å². The van der Waals surface area contributed by atoms with Crippen molar-refractivity contribution in [3.05, 3.63) is 63.4 Å². The predicted molar refractivity (Wildman–Crippen MR) is 112 cm³/mol. The number of halogens is 2. The highest BCUT2D eigenvalue weighted by Gasteiger charge is 2.21. The lowest BCUT2D eigenvalue weighted by Gasteiger charge is -2.26. The maximum absolute atomic E-state index is 13.8. The van der Waals surface area contributed by atoms with E-state index in [-0.39, 0.29) is 23.9 Å². The highest BCUT2D eigenvalue weighted by atomic mass is 79.9. The van der Waals surface area contributed by atoms with E-state index in [1.165, 1.54) is 19.3 Å². The second-order valence-electron chi connectivity index (χ2n) is 6.48. The van der Waals surface area contributed by atoms with E-state index < -0.39 is 0 Å². The van der Waals surface area contributed by atoms with Crippen molar-refractivity contribution >= 4 is 27.9 Å². The van der Waals surface area contributed by atoms with E-state index in [1.54, 1.807) is 35.2 Å². The number of nitriles is 1. The molecule has 1 fully saturated rings. The van der Waals surface area contributed by atoms with Gasteiger partial charge in [-0.1, -0.05) is 34.1 Å². The van der Waals surface area contributed by atoms with Gasteiger partial charge in [0.05, 0.1) is 20.3 Å². The zero-order valence-electron chi connectivity index (χ0n) is 16.4. The van der Waals surface area contributed by atoms with E-state index in [4.69, 9.17) is 14.2 Å². The lowest BCUT2D eigenvalue weighted by Crippen LogP contribution is -2.41. The molecule has 0 bridgehead atoms. The van der Waals surface area contributed by atoms with E-state index in [0.717, 1.165) is 0 Å². The Bertz CT molecular complexity index is 997. The molecule has 0 spiro atoms. The normalized spacial score (nSPS) is 14.2. The Kier molecular flexibility index (Phi) is 7.44. The molecule has 30 heavy (non-hydrogen) atoms. The number of hydrogen-bond donors (Lipinski definition) is 0. The minimum atomic E-state index is -0.352. The number of amides is 1. The van der Waals surface area contributed by atoms with Crippen LogP contribution in [0.4, 0.5) is 4.39 Å². The molecule has 1 heterocycles. The van der Waals surface area contributed by atoms with Gasteiger partial charge >= 0.3 is 0 Å². The van der Waals surface area contributed by atoms with Crippen LogP contribution >= 0.6 is 15.9 Å². The van der Waals surface area contributed by atoms with Crippen molar-refractivity contribution in [2.24, 2.45) is 0 Å². The Morgan fingerprint density at radius 3 is 2.70 bits per heavy atom. The van der Waals surface area contributed by atoms with Gasteiger partial charge in [0.1, 0.15) is 24.1 Å². The van der Waals surface area contributed by atoms with Crippen LogP contribution in [0.3, 0.4) is 0 Å². The maximum Gasteiger partial charge on any atom is 0.264 e. The van der Waals surface area contributed by atoms with Crippen LogP contribution in [0.25, 0.3) is 6.08 Å². The zero-order valence-corrected chi connectivity index (χ0v) is 17.9. The Morgan fingerprint density at radius 2 is 2.03 bits per heavy atom. The van der Waals surface area contributed by atoms with Gasteiger partial charge in [0.15, 0.2) is 11.5 Å². The summed E-state index contributed by atoms with van der Waals surface area (Å²) in [7, 11) is 1.48. The fourth-order valence-corrected chi connectivity index (χ4v) is 3.38. The third kappa shape index (κ3) is 5.17. The minimum Gasteiger partial charge on any atom is -0.493 e. The first kappa shape index (κ1) is 21.8. The highest BCUT2D eigenvalue weighted by molar-refractivity contribution is 9.10. The smallest absolute Gasteiger partial charge is 0.264 e. The van der Waals surface area contributed by atoms with Crippen molar-refractivity contribution in [2.45, 2.75) is 6.61 Å². The summed E-state index contributed by atoms with van der Waals surface area (Å²) in [5.41, 5.74) is 1.02. The monoisotopic (exact) mass is 474 g/mol. The fraction of sp³-hybridized carbons (Fsp3) is 0.273. The van der Waals surface area contributed by atoms with Crippen molar-refractivity contribution in [3.8, 4) is 17.6 Å². The van der Waals surface area contributed by atoms with Crippen LogP contribution in [0.5, 0.6) is 11.5 Å². The van der Waals surface area contributed by atoms with Gasteiger partial charge in [-0.25, -0.2) is 4.39 Å². The zero-order chi connectivity index (χ0) is 21.5. The molecule has 0 unspecified atom stereocenters. The Balaban J connectivity index is 1.83. The predicted octanol–water partition coefficient (Wildman–Crippen LogP) is 3.94. The van der Waals surface area contributed by atoms with Gasteiger partial charge in [-0.05, 0) is 29.8 Å². The first-order valence-corrected chi connectivity index (χ1v) is 10.1. The van der Waals surface area contributed by atoms with Gasteiger partial charge in [0.25, 0.3) is 5.91 Å². The number of rotatable bonds is 6. The second-order valence-corrected chi connectivity index (χ2v) is 7.33. The molecular weight excluding hydrogens is 455 g/mol. The summed E-state index contributed by atoms with van der Waals surface area (Å²) >= 11 is 3.45. The second kappa shape index (κ2) is 10.2. The molecule has 1 amide bonds. The van der Waals surface area contributed by atoms with Crippen LogP contribution in [0, 0.1) is 17.1 Å². The molecule has 1 aliphatic rings. The lowest BCUT2D eigenvalue weighted by molar-refractivity contribution is -0.130. The van der Waals surface area contributed by atoms with Crippen LogP contribution < -0.4 is 9.47 Å². The Hall–Kier alpha value is -2.89. The Morgan fingerprint density at radius 1 is 1.30 bits per heavy atom. The van der Waals surface area contributed by atoms with Crippen molar-refractivity contribution in [3.63, 3.8) is 0 Å². The average Bonchev–Trinajstić information content (AvgIpc) is 2.78. The molecule has 3 rings (SSSR count). The molecule has 0 aromatic heterocycles. The number of nitrogens with zero attached hydrogens (tertiary/aromatic N) is 2. The van der Waals surface area contributed by atoms with Crippen molar-refractivity contribution in [1.29, 1.82) is 5.26 Å². The molecule has 0 radical (unpaired) electrons. The highest BCUT2D eigenvalue weighted by Crippen LogP contribution is 2.35. The van der Waals surface area contributed by atoms with Crippen molar-refractivity contribution in [1.82, 2.24) is 4.90 Å². The number of hydrogen-bond acceptors (Lipinski definition) is 5. The molecule has 1 saturated heterocycles. The number of benzene rings is 2. The maximum atomic E-state index is 13.8. The van der Waals surface area contributed by atoms with E-state index in [0.29, 0.717) is 53.4 Å². The first-order valence-electron chi connectivity index (χ1n) is 9.26. The van der Waals surface area contributed by atoms with Gasteiger partial charge in [-0.15, -0.1) is 0 Å². The lowest BCUT2D eigenvalue weighted by atomic mass is 10.1. The SMILES string of the molecule is COc1cc(/C=C(\C#N)C(=O)N2CCOCC2)c(Br)cc1OCc1ccccc1F. The number of methoxy groups -OCH3 is 1. The minimum absolute atomic E-state index is 0.0136. The van der Waals surface area contributed by atoms with E-state index in [9.17, 15) is 14.4 Å². The van der Waals surface area contributed by atoms with E-state index >= 15 is 0 Å². The molecule has 156 valence electrons. The summed E-state index contributed by atoms with van der Waals surface area (Å²) < 4.78 is 30.8. The summed E-state index contributed by atoms with van der Waals surface area (Å²) in [5.74, 6) is 0.113. The third-order valence-electron chi connectivity index (χ3n) is 4.57. The van der Waals surface area contributed by atoms with E-state index in [2.05, 4.69) is 15.9 Å². The summed E-state index contributed by atoms with van der Waals surface area (Å²) in [5, 5.41) is 9.49. The molecule has 2 aromatic carbocycles. The molecule has 2 aromatic rings. The van der Waals surface area contributed by atoms with Gasteiger partial charge in [0.2, 0.25) is 0 Å². The molecule has 0 N–H and O–H groups in total. The third-order valence-corrected chi connectivity index (χ3v) is 5.26. The van der Waals surface area contributed by atoms with Gasteiger partial charge in [-0.2, -0.15) is 5.26 Å². The van der Waals surface area contributed by atoms with Gasteiger partial charge in [-0.3, -0.25) is 4.79 Å². The molecule has 8 heteroatoms. The van der Waals surface area contributed by atoms with Crippen LogP contribution in [-0.4, -0.2) is 44.2 Å². The number of carbonyl (C=O) groups excluding carboxylic acids is 1. The topological polar surface area (TPSA) is 71.8 Å². The fourth-order valence-electron chi connectivity index (χ4n) is 2.94. The van der Waals surface area contributed by atoms with Crippen LogP contribution in [0.1, 0.15) is 11.1 Å². The summed E-state index contributed by atoms with van der Waals surface area (Å²) in [6, 6.07) is 11.7. The number of ether oxygens (including phenoxy) is 3. The number of carbonyl (C=O) groups is 1. The quantitative estimate of drug-likeness (QED) is 0.468. The average molecular weight is 475 g/mol. The van der Waals surface area contributed by atoms with Crippen LogP contribution in [0.2, 0.25) is 0 Å². The summed E-state index contributed by atoms with van der Waals surface area (Å²) in [6.45, 7) is 1.84. The standard InChI is InChI=1S/C22H20BrFN2O4/c1-28-20-11-16(10-17(13-25)22(27)26-6-8-29-9-7-26)18(23)12-21(20)30-14-15-4-2-3-5-19(15)24/h2-5,10-12H,6-9,14H2,1H3/b17-10+. The number of morpholine rings is 1. The van der Waals surface area contributed by atoms with E-state index in [1.807, 2.05) is 6.07 Å². The molecular formula is C22H20BrFN2O4. The molecule has 0 saturated carbocycles. The first-order chi connectivity index (χ1) is 14.5. The van der Waals surface area contributed by atoms with Crippen molar-refractivity contribution < 1.29 is 23.4 Å². The molecule has 1 aliphatic heterocycles. The largest absolute Gasteiger partial charge is 0.493 e. The van der Waals surface area contributed by atoms with Crippen LogP contribution in [0.15, 0.2) is 46.4 Å². The molecule has 6 nitrogen and oxygen atoms in total. The van der Waals surface area contributed by atoms with Crippen molar-refractivity contribution in [2.75, 3.05) is 33.4 Å². The molecule has 0 aliphatic carbocycles. The van der Waals surface area contributed by atoms with Crippen LogP contribution in [-0.2, 0) is 16.1 Å². The Labute approximate surface area is 182 Å². The molecule has 0 atom stereocenters. The van der Waals surface area contributed by atoms with Gasteiger partial charge in [0, 0.05) is 23.1 Å². The summed E-state index contributed by atoms with van der Waals surface area (Å²) in [4.78, 5) is 14.2. The summed E-state index contributed by atoms with van der Waals surface area (Å²) in [6.07, 6.45) is 1.51.